The quantitative estimate of drug-likeness (QED) is 0.358. The Balaban J connectivity index is 1.83. The van der Waals surface area contributed by atoms with Crippen molar-refractivity contribution in [3.8, 4) is 0 Å². The fraction of sp³-hybridized carbons (Fsp3) is 0.310. The topological polar surface area (TPSA) is 49.4 Å². The van der Waals surface area contributed by atoms with Crippen molar-refractivity contribution in [2.75, 3.05) is 5.75 Å². The highest BCUT2D eigenvalue weighted by molar-refractivity contribution is 7.99. The molecular weight excluding hydrogens is 476 g/mol. The highest BCUT2D eigenvalue weighted by atomic mass is 35.5. The molecule has 0 bridgehead atoms. The summed E-state index contributed by atoms with van der Waals surface area (Å²) in [4.78, 5) is 28.8. The Hall–Kier alpha value is -2.76. The van der Waals surface area contributed by atoms with Crippen LogP contribution in [0.1, 0.15) is 37.5 Å². The second-order valence-corrected chi connectivity index (χ2v) is 11.0. The van der Waals surface area contributed by atoms with Crippen molar-refractivity contribution in [2.24, 2.45) is 0 Å². The zero-order chi connectivity index (χ0) is 25.3. The molecule has 0 saturated carbocycles. The molecule has 4 nitrogen and oxygen atoms in total. The summed E-state index contributed by atoms with van der Waals surface area (Å²) in [6.07, 6.45) is 0.448. The molecule has 1 N–H and O–H groups in total. The lowest BCUT2D eigenvalue weighted by Gasteiger charge is -2.34. The predicted molar refractivity (Wildman–Crippen MR) is 146 cm³/mol. The first-order chi connectivity index (χ1) is 16.7. The summed E-state index contributed by atoms with van der Waals surface area (Å²) in [5.41, 5.74) is 2.70. The molecule has 0 saturated heterocycles. The maximum atomic E-state index is 13.6. The van der Waals surface area contributed by atoms with Gasteiger partial charge in [0.1, 0.15) is 6.04 Å². The third-order valence-electron chi connectivity index (χ3n) is 5.37. The first-order valence-corrected chi connectivity index (χ1v) is 13.3. The van der Waals surface area contributed by atoms with E-state index >= 15 is 0 Å². The van der Waals surface area contributed by atoms with E-state index in [-0.39, 0.29) is 17.6 Å². The lowest BCUT2D eigenvalue weighted by Crippen LogP contribution is -2.54. The summed E-state index contributed by atoms with van der Waals surface area (Å²) < 4.78 is 0. The van der Waals surface area contributed by atoms with Gasteiger partial charge in [0.15, 0.2) is 0 Å². The van der Waals surface area contributed by atoms with Crippen LogP contribution < -0.4 is 5.32 Å². The molecule has 184 valence electrons. The zero-order valence-electron chi connectivity index (χ0n) is 20.5. The summed E-state index contributed by atoms with van der Waals surface area (Å²) >= 11 is 7.53. The Kier molecular flexibility index (Phi) is 9.82. The van der Waals surface area contributed by atoms with Crippen molar-refractivity contribution in [3.05, 3.63) is 107 Å². The largest absolute Gasteiger partial charge is 0.350 e. The first kappa shape index (κ1) is 26.8. The van der Waals surface area contributed by atoms with Crippen molar-refractivity contribution in [2.45, 2.75) is 51.1 Å². The molecule has 0 unspecified atom stereocenters. The Morgan fingerprint density at radius 2 is 1.43 bits per heavy atom. The standard InChI is InChI=1S/C29H33ClN2O2S/c1-29(2,3)31-28(34)26(18-22-10-6-4-7-11-22)32(19-23-12-8-5-9-13-23)27(33)21-35-20-24-14-16-25(30)17-15-24/h4-17,26H,18-21H2,1-3H3,(H,31,34)/t26-/m1/s1. The minimum atomic E-state index is -0.625. The molecule has 35 heavy (non-hydrogen) atoms. The monoisotopic (exact) mass is 508 g/mol. The van der Waals surface area contributed by atoms with Gasteiger partial charge in [-0.05, 0) is 49.6 Å². The van der Waals surface area contributed by atoms with Crippen LogP contribution in [0, 0.1) is 0 Å². The number of nitrogens with zero attached hydrogens (tertiary/aromatic N) is 1. The van der Waals surface area contributed by atoms with Gasteiger partial charge in [-0.2, -0.15) is 0 Å². The van der Waals surface area contributed by atoms with Gasteiger partial charge in [-0.3, -0.25) is 9.59 Å². The van der Waals surface area contributed by atoms with Gasteiger partial charge in [0.05, 0.1) is 5.75 Å². The summed E-state index contributed by atoms with van der Waals surface area (Å²) in [5.74, 6) is 0.773. The van der Waals surface area contributed by atoms with Gasteiger partial charge in [0.25, 0.3) is 0 Å². The van der Waals surface area contributed by atoms with Crippen molar-refractivity contribution in [1.82, 2.24) is 10.2 Å². The number of hydrogen-bond acceptors (Lipinski definition) is 3. The van der Waals surface area contributed by atoms with Gasteiger partial charge >= 0.3 is 0 Å². The van der Waals surface area contributed by atoms with Crippen LogP contribution in [-0.4, -0.2) is 34.0 Å². The van der Waals surface area contributed by atoms with E-state index in [0.717, 1.165) is 16.7 Å². The molecule has 0 spiro atoms. The van der Waals surface area contributed by atoms with Gasteiger partial charge in [-0.15, -0.1) is 11.8 Å². The Morgan fingerprint density at radius 3 is 2.00 bits per heavy atom. The van der Waals surface area contributed by atoms with E-state index in [1.165, 1.54) is 0 Å². The van der Waals surface area contributed by atoms with Gasteiger partial charge < -0.3 is 10.2 Å². The maximum Gasteiger partial charge on any atom is 0.243 e. The van der Waals surface area contributed by atoms with Crippen LogP contribution in [0.4, 0.5) is 0 Å². The first-order valence-electron chi connectivity index (χ1n) is 11.7. The summed E-state index contributed by atoms with van der Waals surface area (Å²) in [5, 5.41) is 3.79. The number of carbonyl (C=O) groups is 2. The molecule has 0 aliphatic carbocycles. The lowest BCUT2D eigenvalue weighted by atomic mass is 10.0. The number of hydrogen-bond donors (Lipinski definition) is 1. The molecule has 0 aromatic heterocycles. The van der Waals surface area contributed by atoms with Crippen molar-refractivity contribution in [1.29, 1.82) is 0 Å². The van der Waals surface area contributed by atoms with E-state index in [4.69, 9.17) is 11.6 Å². The van der Waals surface area contributed by atoms with Crippen LogP contribution in [0.3, 0.4) is 0 Å². The average Bonchev–Trinajstić information content (AvgIpc) is 2.82. The van der Waals surface area contributed by atoms with E-state index < -0.39 is 11.6 Å². The van der Waals surface area contributed by atoms with Crippen molar-refractivity contribution >= 4 is 35.2 Å². The van der Waals surface area contributed by atoms with Crippen LogP contribution in [-0.2, 0) is 28.3 Å². The van der Waals surface area contributed by atoms with E-state index in [2.05, 4.69) is 5.32 Å². The van der Waals surface area contributed by atoms with E-state index in [1.807, 2.05) is 106 Å². The highest BCUT2D eigenvalue weighted by Crippen LogP contribution is 2.20. The Bertz CT molecular complexity index is 1080. The fourth-order valence-electron chi connectivity index (χ4n) is 3.71. The molecule has 3 aromatic rings. The molecule has 2 amide bonds. The lowest BCUT2D eigenvalue weighted by molar-refractivity contribution is -0.140. The highest BCUT2D eigenvalue weighted by Gasteiger charge is 2.32. The van der Waals surface area contributed by atoms with E-state index in [0.29, 0.717) is 23.7 Å². The molecular formula is C29H33ClN2O2S. The van der Waals surface area contributed by atoms with Gasteiger partial charge in [-0.1, -0.05) is 84.4 Å². The van der Waals surface area contributed by atoms with Crippen molar-refractivity contribution < 1.29 is 9.59 Å². The smallest absolute Gasteiger partial charge is 0.243 e. The number of nitrogens with one attached hydrogen (secondary N) is 1. The fourth-order valence-corrected chi connectivity index (χ4v) is 4.70. The number of amides is 2. The molecule has 1 atom stereocenters. The third kappa shape index (κ3) is 9.08. The van der Waals surface area contributed by atoms with Gasteiger partial charge in [-0.25, -0.2) is 0 Å². The van der Waals surface area contributed by atoms with E-state index in [9.17, 15) is 9.59 Å². The molecule has 3 rings (SSSR count). The van der Waals surface area contributed by atoms with Crippen LogP contribution in [0.5, 0.6) is 0 Å². The average molecular weight is 509 g/mol. The van der Waals surface area contributed by atoms with Crippen LogP contribution >= 0.6 is 23.4 Å². The molecule has 3 aromatic carbocycles. The number of halogens is 1. The van der Waals surface area contributed by atoms with Crippen molar-refractivity contribution in [3.63, 3.8) is 0 Å². The van der Waals surface area contributed by atoms with Gasteiger partial charge in [0, 0.05) is 29.3 Å². The van der Waals surface area contributed by atoms with Gasteiger partial charge in [0.2, 0.25) is 11.8 Å². The number of carbonyl (C=O) groups excluding carboxylic acids is 2. The zero-order valence-corrected chi connectivity index (χ0v) is 22.1. The number of rotatable bonds is 10. The van der Waals surface area contributed by atoms with Crippen LogP contribution in [0.15, 0.2) is 84.9 Å². The minimum absolute atomic E-state index is 0.0576. The Labute approximate surface area is 218 Å². The predicted octanol–water partition coefficient (Wildman–Crippen LogP) is 6.13. The molecule has 0 heterocycles. The normalized spacial score (nSPS) is 12.1. The molecule has 0 aliphatic rings. The SMILES string of the molecule is CC(C)(C)NC(=O)[C@@H](Cc1ccccc1)N(Cc1ccccc1)C(=O)CSCc1ccc(Cl)cc1. The summed E-state index contributed by atoms with van der Waals surface area (Å²) in [6, 6.07) is 26.7. The van der Waals surface area contributed by atoms with E-state index in [1.54, 1.807) is 16.7 Å². The second kappa shape index (κ2) is 12.8. The maximum absolute atomic E-state index is 13.6. The van der Waals surface area contributed by atoms with Crippen LogP contribution in [0.25, 0.3) is 0 Å². The molecule has 0 fully saturated rings. The molecule has 0 aliphatic heterocycles. The van der Waals surface area contributed by atoms with Crippen LogP contribution in [0.2, 0.25) is 5.02 Å². The number of benzene rings is 3. The summed E-state index contributed by atoms with van der Waals surface area (Å²) in [6.45, 7) is 6.23. The minimum Gasteiger partial charge on any atom is -0.350 e. The molecule has 6 heteroatoms. The summed E-state index contributed by atoms with van der Waals surface area (Å²) in [7, 11) is 0. The molecule has 0 radical (unpaired) electrons. The second-order valence-electron chi connectivity index (χ2n) is 9.57. The number of thioether (sulfide) groups is 1. The Morgan fingerprint density at radius 1 is 0.857 bits per heavy atom. The third-order valence-corrected chi connectivity index (χ3v) is 6.61.